The number of ether oxygens (including phenoxy) is 1. The maximum Gasteiger partial charge on any atom is 0.307 e. The highest BCUT2D eigenvalue weighted by atomic mass is 19.1. The van der Waals surface area contributed by atoms with Crippen LogP contribution in [0.4, 0.5) is 10.1 Å². The molecular formula is C24H18FNO5. The number of hydrogen-bond donors (Lipinski definition) is 1. The first kappa shape index (κ1) is 20.3. The van der Waals surface area contributed by atoms with Crippen LogP contribution in [0.15, 0.2) is 49.0 Å². The van der Waals surface area contributed by atoms with Gasteiger partial charge in [0, 0.05) is 5.39 Å². The van der Waals surface area contributed by atoms with Crippen molar-refractivity contribution < 1.29 is 28.6 Å². The molecule has 0 aromatic heterocycles. The molecular weight excluding hydrogens is 401 g/mol. The molecule has 1 heterocycles. The summed E-state index contributed by atoms with van der Waals surface area (Å²) in [6.45, 7) is 5.83. The zero-order chi connectivity index (χ0) is 22.3. The fourth-order valence-corrected chi connectivity index (χ4v) is 3.92. The predicted molar refractivity (Wildman–Crippen MR) is 114 cm³/mol. The summed E-state index contributed by atoms with van der Waals surface area (Å²) >= 11 is 0. The molecule has 7 heteroatoms. The van der Waals surface area contributed by atoms with Crippen LogP contribution in [0.2, 0.25) is 0 Å². The average molecular weight is 419 g/mol. The van der Waals surface area contributed by atoms with Crippen LogP contribution in [-0.4, -0.2) is 29.5 Å². The van der Waals surface area contributed by atoms with Gasteiger partial charge in [-0.2, -0.15) is 0 Å². The molecule has 0 unspecified atom stereocenters. The Hall–Kier alpha value is -4.00. The maximum atomic E-state index is 14.8. The Morgan fingerprint density at radius 3 is 2.42 bits per heavy atom. The lowest BCUT2D eigenvalue weighted by Gasteiger charge is -2.15. The highest BCUT2D eigenvalue weighted by Gasteiger charge is 2.43. The number of benzene rings is 3. The van der Waals surface area contributed by atoms with Gasteiger partial charge in [-0.15, -0.1) is 0 Å². The van der Waals surface area contributed by atoms with Gasteiger partial charge in [-0.1, -0.05) is 43.0 Å². The summed E-state index contributed by atoms with van der Waals surface area (Å²) in [6.07, 6.45) is 1.12. The van der Waals surface area contributed by atoms with Crippen LogP contribution in [0, 0.1) is 5.82 Å². The third-order valence-corrected chi connectivity index (χ3v) is 5.14. The number of rotatable bonds is 6. The van der Waals surface area contributed by atoms with Crippen LogP contribution in [0.5, 0.6) is 5.75 Å². The van der Waals surface area contributed by atoms with Crippen LogP contribution >= 0.6 is 0 Å². The van der Waals surface area contributed by atoms with Gasteiger partial charge in [0.25, 0.3) is 11.8 Å². The number of hydrogen-bond acceptors (Lipinski definition) is 4. The normalized spacial score (nSPS) is 12.9. The van der Waals surface area contributed by atoms with E-state index in [1.165, 1.54) is 18.2 Å². The summed E-state index contributed by atoms with van der Waals surface area (Å²) in [5.74, 6) is -3.11. The molecule has 0 saturated carbocycles. The lowest BCUT2D eigenvalue weighted by molar-refractivity contribution is -0.136. The van der Waals surface area contributed by atoms with E-state index >= 15 is 0 Å². The number of imide groups is 1. The third-order valence-electron chi connectivity index (χ3n) is 5.14. The smallest absolute Gasteiger partial charge is 0.307 e. The Bertz CT molecular complexity index is 1280. The molecule has 1 N–H and O–H groups in total. The Kier molecular flexibility index (Phi) is 5.02. The highest BCUT2D eigenvalue weighted by Crippen LogP contribution is 2.43. The number of aliphatic carboxylic acids is 1. The molecule has 1 aliphatic rings. The molecule has 0 spiro atoms. The van der Waals surface area contributed by atoms with Crippen LogP contribution in [0.25, 0.3) is 16.8 Å². The van der Waals surface area contributed by atoms with Crippen molar-refractivity contribution in [3.63, 3.8) is 0 Å². The average Bonchev–Trinajstić information content (AvgIpc) is 2.99. The van der Waals surface area contributed by atoms with Gasteiger partial charge in [-0.25, -0.2) is 9.29 Å². The van der Waals surface area contributed by atoms with Gasteiger partial charge in [0.1, 0.15) is 11.6 Å². The largest absolute Gasteiger partial charge is 0.492 e. The molecule has 6 nitrogen and oxygen atoms in total. The Morgan fingerprint density at radius 2 is 1.81 bits per heavy atom. The van der Waals surface area contributed by atoms with Gasteiger partial charge in [0.15, 0.2) is 0 Å². The number of halogens is 1. The van der Waals surface area contributed by atoms with Crippen molar-refractivity contribution in [3.8, 4) is 5.75 Å². The summed E-state index contributed by atoms with van der Waals surface area (Å²) in [5, 5.41) is 10.3. The zero-order valence-electron chi connectivity index (χ0n) is 16.6. The molecule has 0 bridgehead atoms. The Labute approximate surface area is 177 Å². The number of carboxylic acids is 1. The first-order valence-electron chi connectivity index (χ1n) is 9.62. The van der Waals surface area contributed by atoms with E-state index in [0.717, 1.165) is 11.0 Å². The van der Waals surface area contributed by atoms with E-state index < -0.39 is 23.6 Å². The number of carbonyl (C=O) groups excluding carboxylic acids is 2. The first-order valence-corrected chi connectivity index (χ1v) is 9.62. The van der Waals surface area contributed by atoms with Gasteiger partial charge >= 0.3 is 5.97 Å². The molecule has 156 valence electrons. The van der Waals surface area contributed by atoms with Crippen molar-refractivity contribution in [2.75, 3.05) is 11.5 Å². The maximum absolute atomic E-state index is 14.8. The van der Waals surface area contributed by atoms with Crippen molar-refractivity contribution in [1.29, 1.82) is 0 Å². The second kappa shape index (κ2) is 7.68. The summed E-state index contributed by atoms with van der Waals surface area (Å²) < 4.78 is 20.6. The van der Waals surface area contributed by atoms with Crippen molar-refractivity contribution in [2.45, 2.75) is 13.3 Å². The minimum Gasteiger partial charge on any atom is -0.492 e. The van der Waals surface area contributed by atoms with Crippen LogP contribution in [0.1, 0.15) is 38.8 Å². The minimum absolute atomic E-state index is 0.0643. The molecule has 0 aliphatic carbocycles. The van der Waals surface area contributed by atoms with Crippen LogP contribution in [0.3, 0.4) is 0 Å². The summed E-state index contributed by atoms with van der Waals surface area (Å²) in [6, 6.07) is 10.8. The molecule has 2 amide bonds. The van der Waals surface area contributed by atoms with E-state index in [4.69, 9.17) is 9.84 Å². The molecule has 0 radical (unpaired) electrons. The number of carboxylic acid groups (broad SMARTS) is 1. The van der Waals surface area contributed by atoms with E-state index in [2.05, 4.69) is 6.58 Å². The predicted octanol–water partition coefficient (Wildman–Crippen LogP) is 4.45. The lowest BCUT2D eigenvalue weighted by atomic mass is 9.94. The molecule has 1 aliphatic heterocycles. The van der Waals surface area contributed by atoms with Crippen molar-refractivity contribution in [3.05, 3.63) is 77.1 Å². The van der Waals surface area contributed by atoms with Crippen molar-refractivity contribution in [1.82, 2.24) is 0 Å². The molecule has 3 aromatic carbocycles. The number of amides is 2. The second-order valence-electron chi connectivity index (χ2n) is 6.98. The number of anilines is 1. The standard InChI is InChI=1S/C24H18FNO5/c1-3-14-15-7-5-6-8-16(15)22(31-4-2)21-20(14)23(29)26(24(21)30)18-10-9-13(11-17(18)25)12-19(27)28/h3,5-11H,1,4,12H2,2H3,(H,27,28). The summed E-state index contributed by atoms with van der Waals surface area (Å²) in [5.41, 5.74) is 0.614. The molecule has 3 aromatic rings. The SMILES string of the molecule is C=Cc1c2c(c(OCC)c3ccccc13)C(=O)N(c1ccc(CC(=O)O)cc1F)C2=O. The van der Waals surface area contributed by atoms with Crippen molar-refractivity contribution in [2.24, 2.45) is 0 Å². The van der Waals surface area contributed by atoms with Crippen molar-refractivity contribution >= 4 is 40.3 Å². The zero-order valence-corrected chi connectivity index (χ0v) is 16.6. The van der Waals surface area contributed by atoms with Gasteiger partial charge in [0.05, 0.1) is 29.8 Å². The van der Waals surface area contributed by atoms with Crippen LogP contribution in [-0.2, 0) is 11.2 Å². The monoisotopic (exact) mass is 419 g/mol. The Balaban J connectivity index is 1.94. The fraction of sp³-hybridized carbons (Fsp3) is 0.125. The van der Waals surface area contributed by atoms with Gasteiger partial charge in [0.2, 0.25) is 0 Å². The first-order chi connectivity index (χ1) is 14.9. The highest BCUT2D eigenvalue weighted by molar-refractivity contribution is 6.38. The van der Waals surface area contributed by atoms with E-state index in [-0.39, 0.29) is 41.2 Å². The topological polar surface area (TPSA) is 83.9 Å². The lowest BCUT2D eigenvalue weighted by Crippen LogP contribution is -2.30. The molecule has 0 saturated heterocycles. The molecule has 31 heavy (non-hydrogen) atoms. The number of carbonyl (C=O) groups is 3. The molecule has 0 atom stereocenters. The molecule has 4 rings (SSSR count). The number of fused-ring (bicyclic) bond motifs is 2. The summed E-state index contributed by atoms with van der Waals surface area (Å²) in [7, 11) is 0. The second-order valence-corrected chi connectivity index (χ2v) is 6.98. The van der Waals surface area contributed by atoms with E-state index in [9.17, 15) is 18.8 Å². The van der Waals surface area contributed by atoms with Gasteiger partial charge < -0.3 is 9.84 Å². The fourth-order valence-electron chi connectivity index (χ4n) is 3.92. The third kappa shape index (κ3) is 3.15. The summed E-state index contributed by atoms with van der Waals surface area (Å²) in [4.78, 5) is 38.4. The van der Waals surface area contributed by atoms with Gasteiger partial charge in [-0.3, -0.25) is 14.4 Å². The van der Waals surface area contributed by atoms with Gasteiger partial charge in [-0.05, 0) is 35.6 Å². The number of nitrogens with zero attached hydrogens (tertiary/aromatic N) is 1. The van der Waals surface area contributed by atoms with E-state index in [1.807, 2.05) is 0 Å². The Morgan fingerprint density at radius 1 is 1.13 bits per heavy atom. The van der Waals surface area contributed by atoms with E-state index in [1.54, 1.807) is 31.2 Å². The quantitative estimate of drug-likeness (QED) is 0.597. The van der Waals surface area contributed by atoms with E-state index in [0.29, 0.717) is 16.3 Å². The van der Waals surface area contributed by atoms with Crippen LogP contribution < -0.4 is 9.64 Å². The minimum atomic E-state index is -1.11. The molecule has 0 fully saturated rings.